The van der Waals surface area contributed by atoms with Gasteiger partial charge >= 0.3 is 10.4 Å². The van der Waals surface area contributed by atoms with E-state index in [4.69, 9.17) is 17.5 Å². The molecule has 3 N–H and O–H groups in total. The molecule has 0 aromatic heterocycles. The lowest BCUT2D eigenvalue weighted by Gasteiger charge is -2.04. The molecule has 6 heteroatoms. The first-order chi connectivity index (χ1) is 10.4. The summed E-state index contributed by atoms with van der Waals surface area (Å²) in [5, 5.41) is 3.51. The van der Waals surface area contributed by atoms with Crippen LogP contribution in [0.1, 0.15) is 90.9 Å². The molecule has 0 spiro atoms. The molecule has 0 aromatic carbocycles. The fourth-order valence-corrected chi connectivity index (χ4v) is 2.16. The van der Waals surface area contributed by atoms with Crippen LogP contribution in [0.15, 0.2) is 0 Å². The molecule has 0 radical (unpaired) electrons. The fourth-order valence-electron chi connectivity index (χ4n) is 2.16. The van der Waals surface area contributed by atoms with E-state index >= 15 is 0 Å². The number of hydrogen-bond donors (Lipinski definition) is 3. The van der Waals surface area contributed by atoms with Crippen LogP contribution < -0.4 is 5.32 Å². The Kier molecular flexibility index (Phi) is 20.7. The SMILES string of the molecule is CCCCCCCCCCCCNCCCC.O=S(=O)(O)O. The molecule has 5 nitrogen and oxygen atoms in total. The van der Waals surface area contributed by atoms with Gasteiger partial charge in [0.25, 0.3) is 0 Å². The van der Waals surface area contributed by atoms with Gasteiger partial charge in [0.2, 0.25) is 0 Å². The van der Waals surface area contributed by atoms with Crippen LogP contribution in [0.2, 0.25) is 0 Å². The zero-order valence-corrected chi connectivity index (χ0v) is 15.3. The molecule has 0 heterocycles. The van der Waals surface area contributed by atoms with Gasteiger partial charge in [-0.25, -0.2) is 0 Å². The fraction of sp³-hybridized carbons (Fsp3) is 1.00. The largest absolute Gasteiger partial charge is 0.394 e. The van der Waals surface area contributed by atoms with Crippen molar-refractivity contribution in [2.45, 2.75) is 90.9 Å². The van der Waals surface area contributed by atoms with Gasteiger partial charge in [0.1, 0.15) is 0 Å². The van der Waals surface area contributed by atoms with Gasteiger partial charge in [-0.05, 0) is 25.9 Å². The Morgan fingerprint density at radius 3 is 1.36 bits per heavy atom. The molecule has 0 aliphatic carbocycles. The molecule has 0 aliphatic rings. The van der Waals surface area contributed by atoms with E-state index in [0.717, 1.165) is 0 Å². The topological polar surface area (TPSA) is 86.6 Å². The summed E-state index contributed by atoms with van der Waals surface area (Å²) in [6, 6.07) is 0. The molecule has 0 fully saturated rings. The van der Waals surface area contributed by atoms with Crippen LogP contribution in [-0.2, 0) is 10.4 Å². The van der Waals surface area contributed by atoms with Gasteiger partial charge in [0, 0.05) is 0 Å². The Balaban J connectivity index is 0. The first-order valence-corrected chi connectivity index (χ1v) is 10.2. The number of unbranched alkanes of at least 4 members (excludes halogenated alkanes) is 10. The van der Waals surface area contributed by atoms with Crippen LogP contribution in [-0.4, -0.2) is 30.6 Å². The van der Waals surface area contributed by atoms with Crippen LogP contribution in [0, 0.1) is 0 Å². The maximum absolute atomic E-state index is 8.74. The van der Waals surface area contributed by atoms with Crippen molar-refractivity contribution in [2.24, 2.45) is 0 Å². The van der Waals surface area contributed by atoms with E-state index < -0.39 is 10.4 Å². The molecule has 0 saturated carbocycles. The normalized spacial score (nSPS) is 11.1. The Labute approximate surface area is 137 Å². The average molecular weight is 340 g/mol. The van der Waals surface area contributed by atoms with Crippen molar-refractivity contribution >= 4 is 10.4 Å². The molecular formula is C16H37NO4S. The van der Waals surface area contributed by atoms with Crippen LogP contribution in [0.3, 0.4) is 0 Å². The lowest BCUT2D eigenvalue weighted by Crippen LogP contribution is -2.16. The minimum absolute atomic E-state index is 1.22. The molecular weight excluding hydrogens is 302 g/mol. The predicted molar refractivity (Wildman–Crippen MR) is 93.8 cm³/mol. The maximum Gasteiger partial charge on any atom is 0.394 e. The second-order valence-corrected chi connectivity index (χ2v) is 6.63. The van der Waals surface area contributed by atoms with Crippen molar-refractivity contribution in [3.05, 3.63) is 0 Å². The van der Waals surface area contributed by atoms with E-state index in [0.29, 0.717) is 0 Å². The highest BCUT2D eigenvalue weighted by Crippen LogP contribution is 2.10. The summed E-state index contributed by atoms with van der Waals surface area (Å²) in [5.74, 6) is 0. The van der Waals surface area contributed by atoms with Gasteiger partial charge in [0.15, 0.2) is 0 Å². The summed E-state index contributed by atoms with van der Waals surface area (Å²) in [6.07, 6.45) is 17.0. The summed E-state index contributed by atoms with van der Waals surface area (Å²) < 4.78 is 31.6. The molecule has 0 atom stereocenters. The first kappa shape index (κ1) is 24.1. The molecule has 0 aromatic rings. The zero-order chi connectivity index (χ0) is 17.1. The summed E-state index contributed by atoms with van der Waals surface area (Å²) in [6.45, 7) is 6.99. The quantitative estimate of drug-likeness (QED) is 0.317. The van der Waals surface area contributed by atoms with Crippen molar-refractivity contribution in [2.75, 3.05) is 13.1 Å². The molecule has 136 valence electrons. The molecule has 0 rings (SSSR count). The molecule has 0 unspecified atom stereocenters. The minimum Gasteiger partial charge on any atom is -0.317 e. The molecule has 0 bridgehead atoms. The van der Waals surface area contributed by atoms with Crippen molar-refractivity contribution in [3.8, 4) is 0 Å². The molecule has 0 aliphatic heterocycles. The Morgan fingerprint density at radius 1 is 0.636 bits per heavy atom. The second kappa shape index (κ2) is 18.9. The van der Waals surface area contributed by atoms with Crippen LogP contribution >= 0.6 is 0 Å². The summed E-state index contributed by atoms with van der Waals surface area (Å²) in [7, 11) is -4.67. The minimum atomic E-state index is -4.67. The van der Waals surface area contributed by atoms with Crippen LogP contribution in [0.5, 0.6) is 0 Å². The van der Waals surface area contributed by atoms with Gasteiger partial charge < -0.3 is 5.32 Å². The van der Waals surface area contributed by atoms with E-state index in [-0.39, 0.29) is 0 Å². The monoisotopic (exact) mass is 339 g/mol. The third-order valence-corrected chi connectivity index (χ3v) is 3.41. The molecule has 0 amide bonds. The van der Waals surface area contributed by atoms with Crippen molar-refractivity contribution < 1.29 is 17.5 Å². The van der Waals surface area contributed by atoms with Crippen molar-refractivity contribution in [1.82, 2.24) is 5.32 Å². The number of rotatable bonds is 14. The standard InChI is InChI=1S/C16H35N.H2O4S/c1-3-5-7-8-9-10-11-12-13-14-16-17-15-6-4-2;1-5(2,3)4/h17H,3-16H2,1-2H3;(H2,1,2,3,4). The van der Waals surface area contributed by atoms with Gasteiger partial charge in [0.05, 0.1) is 0 Å². The summed E-state index contributed by atoms with van der Waals surface area (Å²) in [5.41, 5.74) is 0. The summed E-state index contributed by atoms with van der Waals surface area (Å²) >= 11 is 0. The van der Waals surface area contributed by atoms with E-state index in [9.17, 15) is 0 Å². The Morgan fingerprint density at radius 2 is 0.955 bits per heavy atom. The maximum atomic E-state index is 8.74. The van der Waals surface area contributed by atoms with Gasteiger partial charge in [-0.15, -0.1) is 0 Å². The van der Waals surface area contributed by atoms with Crippen LogP contribution in [0.25, 0.3) is 0 Å². The number of hydrogen-bond acceptors (Lipinski definition) is 3. The Bertz CT molecular complexity index is 273. The van der Waals surface area contributed by atoms with Gasteiger partial charge in [-0.2, -0.15) is 8.42 Å². The first-order valence-electron chi connectivity index (χ1n) is 8.82. The third-order valence-electron chi connectivity index (χ3n) is 3.41. The predicted octanol–water partition coefficient (Wildman–Crippen LogP) is 4.64. The smallest absolute Gasteiger partial charge is 0.317 e. The Hall–Kier alpha value is -0.170. The third kappa shape index (κ3) is 36.8. The number of nitrogens with one attached hydrogen (secondary N) is 1. The van der Waals surface area contributed by atoms with Crippen LogP contribution in [0.4, 0.5) is 0 Å². The van der Waals surface area contributed by atoms with Gasteiger partial charge in [-0.1, -0.05) is 78.1 Å². The van der Waals surface area contributed by atoms with Crippen molar-refractivity contribution in [1.29, 1.82) is 0 Å². The average Bonchev–Trinajstić information content (AvgIpc) is 2.42. The summed E-state index contributed by atoms with van der Waals surface area (Å²) in [4.78, 5) is 0. The second-order valence-electron chi connectivity index (χ2n) is 5.73. The highest BCUT2D eigenvalue weighted by atomic mass is 32.3. The highest BCUT2D eigenvalue weighted by Gasteiger charge is 1.92. The lowest BCUT2D eigenvalue weighted by atomic mass is 10.1. The zero-order valence-electron chi connectivity index (χ0n) is 14.5. The van der Waals surface area contributed by atoms with E-state index in [2.05, 4.69) is 19.2 Å². The van der Waals surface area contributed by atoms with E-state index in [1.807, 2.05) is 0 Å². The molecule has 0 saturated heterocycles. The van der Waals surface area contributed by atoms with E-state index in [1.54, 1.807) is 0 Å². The van der Waals surface area contributed by atoms with E-state index in [1.165, 1.54) is 90.1 Å². The van der Waals surface area contributed by atoms with Crippen molar-refractivity contribution in [3.63, 3.8) is 0 Å². The van der Waals surface area contributed by atoms with Gasteiger partial charge in [-0.3, -0.25) is 9.11 Å². The molecule has 22 heavy (non-hydrogen) atoms. The highest BCUT2D eigenvalue weighted by molar-refractivity contribution is 7.79. The lowest BCUT2D eigenvalue weighted by molar-refractivity contribution is 0.381.